The first-order valence-electron chi connectivity index (χ1n) is 6.95. The minimum Gasteiger partial charge on any atom is -0.483 e. The van der Waals surface area contributed by atoms with Crippen LogP contribution in [0.25, 0.3) is 0 Å². The summed E-state index contributed by atoms with van der Waals surface area (Å²) in [6, 6.07) is 0. The fraction of sp³-hybridized carbons (Fsp3) is 0.500. The molecule has 2 aliphatic rings. The van der Waals surface area contributed by atoms with Gasteiger partial charge >= 0.3 is 0 Å². The number of hydrogen-bond acceptors (Lipinski definition) is 2. The zero-order valence-electron chi connectivity index (χ0n) is 13.9. The van der Waals surface area contributed by atoms with Gasteiger partial charge in [-0.3, -0.25) is 4.79 Å². The molecule has 0 aromatic rings. The van der Waals surface area contributed by atoms with Gasteiger partial charge in [-0.05, 0) is 19.8 Å². The van der Waals surface area contributed by atoms with Crippen molar-refractivity contribution in [2.24, 2.45) is 4.99 Å². The van der Waals surface area contributed by atoms with Crippen LogP contribution in [0.4, 0.5) is 0 Å². The number of nitrogens with zero attached hydrogens (tertiary/aromatic N) is 1. The van der Waals surface area contributed by atoms with E-state index >= 15 is 0 Å². The third-order valence-electron chi connectivity index (χ3n) is 1.69. The molecule has 1 aliphatic carbocycles. The van der Waals surface area contributed by atoms with Crippen molar-refractivity contribution in [1.82, 2.24) is 0 Å². The molecule has 0 saturated carbocycles. The van der Waals surface area contributed by atoms with Crippen LogP contribution in [-0.4, -0.2) is 30.6 Å². The van der Waals surface area contributed by atoms with E-state index in [0.29, 0.717) is 0 Å². The first-order chi connectivity index (χ1) is 9.79. The van der Waals surface area contributed by atoms with Gasteiger partial charge in [0.05, 0.1) is 0 Å². The molecule has 0 bridgehead atoms. The molecule has 0 saturated heterocycles. The van der Waals surface area contributed by atoms with Crippen LogP contribution < -0.4 is 0 Å². The van der Waals surface area contributed by atoms with Gasteiger partial charge in [0, 0.05) is 26.3 Å². The minimum atomic E-state index is -0.250. The second-order valence-electron chi connectivity index (χ2n) is 3.00. The molecule has 0 amide bonds. The fourth-order valence-corrected chi connectivity index (χ4v) is 1.16. The third-order valence-corrected chi connectivity index (χ3v) is 1.69. The van der Waals surface area contributed by atoms with E-state index in [1.54, 1.807) is 0 Å². The Morgan fingerprint density at radius 2 is 1.67 bits per heavy atom. The smallest absolute Gasteiger partial charge is 0.290 e. The molecule has 0 aromatic carbocycles. The van der Waals surface area contributed by atoms with E-state index < -0.39 is 0 Å². The van der Waals surface area contributed by atoms with E-state index in [0.717, 1.165) is 21.4 Å². The molecule has 1 radical (unpaired) electrons. The summed E-state index contributed by atoms with van der Waals surface area (Å²) >= 11 is 0. The van der Waals surface area contributed by atoms with Crippen molar-refractivity contribution in [2.45, 2.75) is 40.5 Å². The molecule has 1 aliphatic heterocycles. The molecule has 0 unspecified atom stereocenters. The maximum absolute atomic E-state index is 8.36. The fourth-order valence-electron chi connectivity index (χ4n) is 1.16. The Bertz CT molecular complexity index is 296. The first kappa shape index (κ1) is 28.6. The topological polar surface area (TPSA) is 49.7 Å². The van der Waals surface area contributed by atoms with E-state index in [1.807, 2.05) is 40.0 Å². The Hall–Kier alpha value is -0.561. The van der Waals surface area contributed by atoms with Crippen molar-refractivity contribution in [3.05, 3.63) is 36.1 Å². The van der Waals surface area contributed by atoms with Crippen LogP contribution in [0.1, 0.15) is 40.5 Å². The number of allylic oxidation sites excluding steroid dienone is 5. The number of aliphatic imine (C=N–C) groups is 1. The van der Waals surface area contributed by atoms with Crippen molar-refractivity contribution in [3.63, 3.8) is 0 Å². The van der Waals surface area contributed by atoms with Crippen molar-refractivity contribution >= 4 is 20.8 Å². The quantitative estimate of drug-likeness (QED) is 0.329. The second kappa shape index (κ2) is 27.7. The largest absolute Gasteiger partial charge is 0.483 e. The molecule has 0 aromatic heterocycles. The third kappa shape index (κ3) is 19.4. The summed E-state index contributed by atoms with van der Waals surface area (Å²) in [5, 5.41) is 6.89. The molecule has 1 N–H and O–H groups in total. The Balaban J connectivity index is -0.000000113. The molecule has 21 heavy (non-hydrogen) atoms. The van der Waals surface area contributed by atoms with Crippen LogP contribution in [0.15, 0.2) is 35.0 Å². The summed E-state index contributed by atoms with van der Waals surface area (Å²) in [4.78, 5) is 12.6. The van der Waals surface area contributed by atoms with Crippen LogP contribution in [0.5, 0.6) is 0 Å². The minimum absolute atomic E-state index is 0. The Kier molecular flexibility index (Phi) is 37.7. The van der Waals surface area contributed by atoms with Gasteiger partial charge in [0.25, 0.3) is 6.47 Å². The van der Waals surface area contributed by atoms with E-state index in [-0.39, 0.29) is 26.6 Å². The molecule has 0 atom stereocenters. The summed E-state index contributed by atoms with van der Waals surface area (Å²) in [7, 11) is 1.08. The summed E-state index contributed by atoms with van der Waals surface area (Å²) in [6.45, 7) is 12.1. The van der Waals surface area contributed by atoms with Gasteiger partial charge in [-0.15, -0.1) is 14.2 Å². The zero-order valence-corrected chi connectivity index (χ0v) is 17.3. The summed E-state index contributed by atoms with van der Waals surface area (Å²) in [6.07, 6.45) is 13.2. The molecular formula is C16H29IrNO2P-. The van der Waals surface area contributed by atoms with Crippen molar-refractivity contribution in [1.29, 1.82) is 0 Å². The van der Waals surface area contributed by atoms with Gasteiger partial charge < -0.3 is 10.1 Å². The summed E-state index contributed by atoms with van der Waals surface area (Å²) in [5.41, 5.74) is 2.44. The van der Waals surface area contributed by atoms with Gasteiger partial charge in [0.15, 0.2) is 0 Å². The van der Waals surface area contributed by atoms with E-state index in [1.165, 1.54) is 11.3 Å². The van der Waals surface area contributed by atoms with Gasteiger partial charge in [0.2, 0.25) is 0 Å². The average Bonchev–Trinajstić information content (AvgIpc) is 3.18. The molecule has 0 fully saturated rings. The SMILES string of the molecule is CC.CC.CPC.O=CO.[C-]1=C(C2=NC=CC2)CC=C1.[Ir]. The van der Waals surface area contributed by atoms with E-state index in [9.17, 15) is 0 Å². The van der Waals surface area contributed by atoms with Gasteiger partial charge in [0.1, 0.15) is 0 Å². The Morgan fingerprint density at radius 3 is 1.95 bits per heavy atom. The van der Waals surface area contributed by atoms with Crippen LogP contribution in [0.2, 0.25) is 0 Å². The number of carbonyl (C=O) groups is 1. The molecule has 3 nitrogen and oxygen atoms in total. The Morgan fingerprint density at radius 1 is 1.19 bits per heavy atom. The standard InChI is InChI=1S/C9H8N.C2H7P.2C2H6.CH2O2.Ir/c1-2-5-8(4-1)9-6-3-7-10-9;1-3-2;2*1-2;2-1-3;/h1-3,7H,4,6H2;3H,1-2H3;2*1-2H3;1H,(H,2,3);/q-1;;;;;. The van der Waals surface area contributed by atoms with Gasteiger partial charge in [-0.2, -0.15) is 18.2 Å². The van der Waals surface area contributed by atoms with Crippen molar-refractivity contribution in [3.8, 4) is 0 Å². The molecule has 0 spiro atoms. The van der Waals surface area contributed by atoms with Crippen molar-refractivity contribution in [2.75, 3.05) is 13.3 Å². The predicted octanol–water partition coefficient (Wildman–Crippen LogP) is 4.71. The maximum atomic E-state index is 8.36. The van der Waals surface area contributed by atoms with Gasteiger partial charge in [-0.1, -0.05) is 45.9 Å². The van der Waals surface area contributed by atoms with Crippen LogP contribution in [0, 0.1) is 6.08 Å². The number of hydrogen-bond donors (Lipinski definition) is 1. The summed E-state index contributed by atoms with van der Waals surface area (Å²) in [5.74, 6) is 0. The van der Waals surface area contributed by atoms with E-state index in [2.05, 4.69) is 36.6 Å². The average molecular weight is 491 g/mol. The Labute approximate surface area is 145 Å². The predicted molar refractivity (Wildman–Crippen MR) is 93.3 cm³/mol. The molecule has 5 heteroatoms. The molecule has 2 rings (SSSR count). The van der Waals surface area contributed by atoms with Gasteiger partial charge in [-0.25, -0.2) is 0 Å². The first-order valence-corrected chi connectivity index (χ1v) is 8.95. The zero-order chi connectivity index (χ0) is 16.2. The number of rotatable bonds is 1. The molecular weight excluding hydrogens is 461 g/mol. The summed E-state index contributed by atoms with van der Waals surface area (Å²) < 4.78 is 0. The monoisotopic (exact) mass is 491 g/mol. The normalized spacial score (nSPS) is 12.3. The molecule has 125 valence electrons. The van der Waals surface area contributed by atoms with Crippen molar-refractivity contribution < 1.29 is 30.0 Å². The van der Waals surface area contributed by atoms with Crippen LogP contribution in [-0.2, 0) is 24.9 Å². The maximum Gasteiger partial charge on any atom is 0.290 e. The second-order valence-corrected chi connectivity index (χ2v) is 4.00. The van der Waals surface area contributed by atoms with E-state index in [4.69, 9.17) is 9.90 Å². The van der Waals surface area contributed by atoms with Crippen LogP contribution in [0.3, 0.4) is 0 Å². The number of carboxylic acid groups (broad SMARTS) is 1. The molecule has 1 heterocycles. The van der Waals surface area contributed by atoms with Crippen LogP contribution >= 0.6 is 8.58 Å².